The first-order valence-electron chi connectivity index (χ1n) is 7.70. The summed E-state index contributed by atoms with van der Waals surface area (Å²) in [7, 11) is 0. The van der Waals surface area contributed by atoms with Crippen LogP contribution in [0.2, 0.25) is 5.02 Å². The number of hydrogen-bond donors (Lipinski definition) is 1. The predicted molar refractivity (Wildman–Crippen MR) is 88.2 cm³/mol. The number of nitriles is 1. The van der Waals surface area contributed by atoms with Crippen molar-refractivity contribution in [1.82, 2.24) is 0 Å². The fourth-order valence-electron chi connectivity index (χ4n) is 3.46. The van der Waals surface area contributed by atoms with E-state index in [-0.39, 0.29) is 5.69 Å². The molecule has 1 aliphatic rings. The molecule has 0 aromatic heterocycles. The second kappa shape index (κ2) is 6.88. The highest BCUT2D eigenvalue weighted by atomic mass is 35.5. The van der Waals surface area contributed by atoms with Crippen molar-refractivity contribution in [3.05, 3.63) is 52.2 Å². The summed E-state index contributed by atoms with van der Waals surface area (Å²) < 4.78 is 96.4. The molecular formula is C17H13ClF7N3. The van der Waals surface area contributed by atoms with E-state index in [0.29, 0.717) is 6.92 Å². The Balaban J connectivity index is 2.96. The van der Waals surface area contributed by atoms with E-state index < -0.39 is 51.6 Å². The van der Waals surface area contributed by atoms with Gasteiger partial charge >= 0.3 is 12.4 Å². The molecule has 0 aliphatic carbocycles. The highest BCUT2D eigenvalue weighted by Crippen LogP contribution is 2.63. The van der Waals surface area contributed by atoms with Crippen molar-refractivity contribution in [2.45, 2.75) is 26.2 Å². The monoisotopic (exact) mass is 427 g/mol. The minimum Gasteiger partial charge on any atom is -0.384 e. The highest BCUT2D eigenvalue weighted by Gasteiger charge is 2.77. The summed E-state index contributed by atoms with van der Waals surface area (Å²) in [4.78, 5) is 0.838. The SMILES string of the molecule is C/C=C1\C(C)C(C(F)(F)F)(C(F)(F)F)C(C#N)=C(N)N1c1ccc(F)c(Cl)c1. The Morgan fingerprint density at radius 3 is 2.14 bits per heavy atom. The van der Waals surface area contributed by atoms with Gasteiger partial charge in [0.15, 0.2) is 0 Å². The fourth-order valence-corrected chi connectivity index (χ4v) is 3.63. The molecule has 0 fully saturated rings. The first-order chi connectivity index (χ1) is 12.8. The molecule has 1 heterocycles. The van der Waals surface area contributed by atoms with Gasteiger partial charge in [0.05, 0.1) is 16.7 Å². The van der Waals surface area contributed by atoms with Gasteiger partial charge in [-0.05, 0) is 25.1 Å². The molecule has 2 rings (SSSR count). The normalized spacial score (nSPS) is 21.8. The van der Waals surface area contributed by atoms with Crippen LogP contribution < -0.4 is 10.6 Å². The number of alkyl halides is 6. The van der Waals surface area contributed by atoms with Crippen LogP contribution in [0.25, 0.3) is 0 Å². The van der Waals surface area contributed by atoms with Gasteiger partial charge in [-0.1, -0.05) is 24.6 Å². The number of anilines is 1. The van der Waals surface area contributed by atoms with Crippen LogP contribution in [0.4, 0.5) is 36.4 Å². The maximum Gasteiger partial charge on any atom is 0.408 e. The predicted octanol–water partition coefficient (Wildman–Crippen LogP) is 5.64. The minimum absolute atomic E-state index is 0.0884. The fraction of sp³-hybridized carbons (Fsp3) is 0.353. The summed E-state index contributed by atoms with van der Waals surface area (Å²) in [6.07, 6.45) is -10.7. The molecule has 1 aliphatic heterocycles. The van der Waals surface area contributed by atoms with Crippen LogP contribution in [0.15, 0.2) is 41.4 Å². The average molecular weight is 428 g/mol. The first-order valence-corrected chi connectivity index (χ1v) is 8.08. The Kier molecular flexibility index (Phi) is 5.38. The van der Waals surface area contributed by atoms with Gasteiger partial charge in [-0.2, -0.15) is 31.6 Å². The molecule has 152 valence electrons. The molecule has 0 radical (unpaired) electrons. The van der Waals surface area contributed by atoms with Gasteiger partial charge in [0.2, 0.25) is 5.41 Å². The van der Waals surface area contributed by atoms with E-state index in [9.17, 15) is 36.0 Å². The molecule has 2 N–H and O–H groups in total. The van der Waals surface area contributed by atoms with Crippen LogP contribution >= 0.6 is 11.6 Å². The third-order valence-electron chi connectivity index (χ3n) is 4.71. The number of rotatable bonds is 1. The minimum atomic E-state index is -5.86. The van der Waals surface area contributed by atoms with Crippen LogP contribution in [-0.4, -0.2) is 12.4 Å². The molecule has 0 bridgehead atoms. The topological polar surface area (TPSA) is 53.1 Å². The van der Waals surface area contributed by atoms with Crippen molar-refractivity contribution >= 4 is 17.3 Å². The van der Waals surface area contributed by atoms with Crippen molar-refractivity contribution < 1.29 is 30.7 Å². The van der Waals surface area contributed by atoms with Gasteiger partial charge in [0.1, 0.15) is 11.6 Å². The van der Waals surface area contributed by atoms with Gasteiger partial charge in [0.25, 0.3) is 0 Å². The summed E-state index contributed by atoms with van der Waals surface area (Å²) in [5.41, 5.74) is -1.08. The van der Waals surface area contributed by atoms with Crippen LogP contribution in [-0.2, 0) is 0 Å². The Labute approximate surface area is 160 Å². The number of benzene rings is 1. The summed E-state index contributed by atoms with van der Waals surface area (Å²) in [5.74, 6) is -4.17. The van der Waals surface area contributed by atoms with Gasteiger partial charge in [-0.25, -0.2) is 4.39 Å². The number of nitrogens with two attached hydrogens (primary N) is 1. The smallest absolute Gasteiger partial charge is 0.384 e. The standard InChI is InChI=1S/C17H13ClF7N3/c1-3-13-8(2)15(16(20,21)22,17(23,24)25)10(7-26)14(27)28(13)9-4-5-12(19)11(18)6-9/h3-6,8H,27H2,1-2H3/b13-3+. The molecule has 0 amide bonds. The lowest BCUT2D eigenvalue weighted by atomic mass is 9.65. The van der Waals surface area contributed by atoms with Crippen LogP contribution in [0.1, 0.15) is 13.8 Å². The second-order valence-corrected chi connectivity index (χ2v) is 6.45. The lowest BCUT2D eigenvalue weighted by Crippen LogP contribution is -2.60. The number of nitrogens with zero attached hydrogens (tertiary/aromatic N) is 2. The number of hydrogen-bond acceptors (Lipinski definition) is 3. The van der Waals surface area contributed by atoms with Gasteiger partial charge in [-0.15, -0.1) is 0 Å². The zero-order valence-electron chi connectivity index (χ0n) is 14.4. The second-order valence-electron chi connectivity index (χ2n) is 6.04. The molecule has 1 unspecified atom stereocenters. The summed E-state index contributed by atoms with van der Waals surface area (Å²) in [5, 5.41) is 8.82. The molecule has 28 heavy (non-hydrogen) atoms. The van der Waals surface area contributed by atoms with Crippen molar-refractivity contribution in [3.63, 3.8) is 0 Å². The maximum absolute atomic E-state index is 13.8. The van der Waals surface area contributed by atoms with Crippen LogP contribution in [0, 0.1) is 28.5 Å². The van der Waals surface area contributed by atoms with E-state index >= 15 is 0 Å². The van der Waals surface area contributed by atoms with E-state index in [0.717, 1.165) is 35.2 Å². The van der Waals surface area contributed by atoms with E-state index in [1.54, 1.807) is 0 Å². The number of halogens is 8. The number of allylic oxidation sites excluding steroid dienone is 3. The molecule has 1 aromatic carbocycles. The quantitative estimate of drug-likeness (QED) is 0.590. The van der Waals surface area contributed by atoms with Gasteiger partial charge < -0.3 is 5.73 Å². The molecule has 1 atom stereocenters. The summed E-state index contributed by atoms with van der Waals surface area (Å²) in [6.45, 7) is 1.93. The van der Waals surface area contributed by atoms with E-state index in [1.807, 2.05) is 0 Å². The Bertz CT molecular complexity index is 879. The zero-order valence-corrected chi connectivity index (χ0v) is 15.1. The molecule has 3 nitrogen and oxygen atoms in total. The molecule has 0 saturated carbocycles. The Morgan fingerprint density at radius 2 is 1.75 bits per heavy atom. The van der Waals surface area contributed by atoms with Crippen molar-refractivity contribution in [1.29, 1.82) is 5.26 Å². The molecule has 1 aromatic rings. The third kappa shape index (κ3) is 2.89. The van der Waals surface area contributed by atoms with Crippen LogP contribution in [0.3, 0.4) is 0 Å². The van der Waals surface area contributed by atoms with Crippen molar-refractivity contribution in [2.24, 2.45) is 17.1 Å². The van der Waals surface area contributed by atoms with E-state index in [4.69, 9.17) is 17.3 Å². The lowest BCUT2D eigenvalue weighted by Gasteiger charge is -2.49. The Morgan fingerprint density at radius 1 is 1.21 bits per heavy atom. The summed E-state index contributed by atoms with van der Waals surface area (Å²) in [6, 6.07) is 3.94. The van der Waals surface area contributed by atoms with Crippen molar-refractivity contribution in [3.8, 4) is 6.07 Å². The summed E-state index contributed by atoms with van der Waals surface area (Å²) >= 11 is 5.68. The zero-order chi connectivity index (χ0) is 21.7. The largest absolute Gasteiger partial charge is 0.408 e. The first kappa shape index (κ1) is 21.9. The molecule has 0 spiro atoms. The van der Waals surface area contributed by atoms with Crippen molar-refractivity contribution in [2.75, 3.05) is 4.90 Å². The Hall–Kier alpha value is -2.41. The molecular weight excluding hydrogens is 415 g/mol. The van der Waals surface area contributed by atoms with Gasteiger partial charge in [-0.3, -0.25) is 4.90 Å². The van der Waals surface area contributed by atoms with Gasteiger partial charge in [0, 0.05) is 17.3 Å². The van der Waals surface area contributed by atoms with Crippen LogP contribution in [0.5, 0.6) is 0 Å². The van der Waals surface area contributed by atoms with E-state index in [1.165, 1.54) is 6.92 Å². The van der Waals surface area contributed by atoms with E-state index in [2.05, 4.69) is 0 Å². The highest BCUT2D eigenvalue weighted by molar-refractivity contribution is 6.31. The lowest BCUT2D eigenvalue weighted by molar-refractivity contribution is -0.337. The average Bonchev–Trinajstić information content (AvgIpc) is 2.56. The molecule has 0 saturated heterocycles. The maximum atomic E-state index is 13.8. The molecule has 11 heteroatoms. The third-order valence-corrected chi connectivity index (χ3v) is 5.00.